The Morgan fingerprint density at radius 3 is 2.39 bits per heavy atom. The summed E-state index contributed by atoms with van der Waals surface area (Å²) in [6, 6.07) is 15.5. The topological polar surface area (TPSA) is 75.6 Å². The van der Waals surface area contributed by atoms with Crippen LogP contribution in [0, 0.1) is 5.82 Å². The quantitative estimate of drug-likeness (QED) is 0.677. The molecule has 2 N–H and O–H groups in total. The Hall–Kier alpha value is -2.22. The molecule has 0 radical (unpaired) electrons. The van der Waals surface area contributed by atoms with Crippen LogP contribution < -0.4 is 5.32 Å². The van der Waals surface area contributed by atoms with Gasteiger partial charge in [0.2, 0.25) is 0 Å². The van der Waals surface area contributed by atoms with E-state index in [1.165, 1.54) is 13.0 Å². The van der Waals surface area contributed by atoms with Crippen molar-refractivity contribution in [2.24, 2.45) is 0 Å². The van der Waals surface area contributed by atoms with E-state index in [0.29, 0.717) is 0 Å². The second-order valence-electron chi connectivity index (χ2n) is 8.66. The van der Waals surface area contributed by atoms with Crippen molar-refractivity contribution in [3.05, 3.63) is 83.8 Å². The fourth-order valence-corrected chi connectivity index (χ4v) is 6.53. The monoisotopic (exact) mass is 447 g/mol. The van der Waals surface area contributed by atoms with Crippen LogP contribution in [0.25, 0.3) is 0 Å². The maximum Gasteiger partial charge on any atom is 0.166 e. The standard InChI is InChI=1S/C24H30FNO4S/c1-17(27)14-22-24(20-12-8-9-13-21(20)25,16-30-15-19-10-6-5-7-11-19)26-18(2)23(3,4)31(22,28)29/h5-13,17,22,26-27H,2,14-16H2,1,3-4H3/t17-,22?,24?/m1/s1. The minimum Gasteiger partial charge on any atom is -0.393 e. The Labute approximate surface area is 183 Å². The maximum atomic E-state index is 15.1. The summed E-state index contributed by atoms with van der Waals surface area (Å²) in [6.07, 6.45) is -0.987. The van der Waals surface area contributed by atoms with E-state index in [9.17, 15) is 13.5 Å². The molecule has 2 aromatic rings. The SMILES string of the molecule is C=C1NC(COCc2ccccc2)(c2ccccc2F)C(C[C@@H](C)O)S(=O)(=O)C1(C)C. The maximum absolute atomic E-state index is 15.1. The van der Waals surface area contributed by atoms with E-state index < -0.39 is 37.3 Å². The molecule has 0 aliphatic carbocycles. The molecule has 3 rings (SSSR count). The molecule has 168 valence electrons. The Balaban J connectivity index is 2.12. The first-order valence-electron chi connectivity index (χ1n) is 10.3. The van der Waals surface area contributed by atoms with Crippen molar-refractivity contribution >= 4 is 9.84 Å². The van der Waals surface area contributed by atoms with Crippen molar-refractivity contribution in [1.82, 2.24) is 5.32 Å². The second kappa shape index (κ2) is 8.73. The molecule has 1 aliphatic heterocycles. The fraction of sp³-hybridized carbons (Fsp3) is 0.417. The van der Waals surface area contributed by atoms with Crippen LogP contribution in [-0.4, -0.2) is 36.2 Å². The van der Waals surface area contributed by atoms with E-state index in [1.807, 2.05) is 30.3 Å². The highest BCUT2D eigenvalue weighted by molar-refractivity contribution is 7.93. The average molecular weight is 448 g/mol. The molecule has 1 fully saturated rings. The minimum atomic E-state index is -3.88. The number of hydrogen-bond donors (Lipinski definition) is 2. The number of aliphatic hydroxyl groups excluding tert-OH is 1. The van der Waals surface area contributed by atoms with Crippen molar-refractivity contribution in [2.75, 3.05) is 6.61 Å². The van der Waals surface area contributed by atoms with Crippen molar-refractivity contribution in [1.29, 1.82) is 0 Å². The zero-order valence-electron chi connectivity index (χ0n) is 18.1. The number of rotatable bonds is 7. The van der Waals surface area contributed by atoms with Crippen LogP contribution in [0.3, 0.4) is 0 Å². The molecule has 1 aliphatic rings. The van der Waals surface area contributed by atoms with Crippen LogP contribution in [0.1, 0.15) is 38.3 Å². The summed E-state index contributed by atoms with van der Waals surface area (Å²) in [7, 11) is -3.88. The summed E-state index contributed by atoms with van der Waals surface area (Å²) in [5.74, 6) is -0.545. The molecule has 2 unspecified atom stereocenters. The second-order valence-corrected chi connectivity index (χ2v) is 11.3. The van der Waals surface area contributed by atoms with Crippen LogP contribution in [0.2, 0.25) is 0 Å². The van der Waals surface area contributed by atoms with Crippen LogP contribution in [0.15, 0.2) is 66.9 Å². The molecule has 0 saturated carbocycles. The normalized spacial score (nSPS) is 25.6. The van der Waals surface area contributed by atoms with E-state index in [2.05, 4.69) is 11.9 Å². The third-order valence-electron chi connectivity index (χ3n) is 6.09. The van der Waals surface area contributed by atoms with Crippen LogP contribution in [-0.2, 0) is 26.7 Å². The number of hydrogen-bond acceptors (Lipinski definition) is 5. The lowest BCUT2D eigenvalue weighted by Gasteiger charge is -2.51. The summed E-state index contributed by atoms with van der Waals surface area (Å²) in [6.45, 7) is 8.75. The molecule has 7 heteroatoms. The van der Waals surface area contributed by atoms with Gasteiger partial charge in [-0.2, -0.15) is 0 Å². The summed E-state index contributed by atoms with van der Waals surface area (Å²) in [4.78, 5) is 0. The lowest BCUT2D eigenvalue weighted by Crippen LogP contribution is -2.67. The van der Waals surface area contributed by atoms with Gasteiger partial charge in [0.15, 0.2) is 9.84 Å². The Kier molecular flexibility index (Phi) is 6.60. The predicted molar refractivity (Wildman–Crippen MR) is 120 cm³/mol. The van der Waals surface area contributed by atoms with E-state index in [4.69, 9.17) is 4.74 Å². The first-order valence-corrected chi connectivity index (χ1v) is 11.8. The van der Waals surface area contributed by atoms with Crippen molar-refractivity contribution in [2.45, 2.75) is 55.4 Å². The Morgan fingerprint density at radius 2 is 1.77 bits per heavy atom. The number of sulfone groups is 1. The zero-order chi connectivity index (χ0) is 22.9. The number of ether oxygens (including phenoxy) is 1. The van der Waals surface area contributed by atoms with Gasteiger partial charge in [-0.3, -0.25) is 0 Å². The van der Waals surface area contributed by atoms with Crippen LogP contribution in [0.4, 0.5) is 4.39 Å². The van der Waals surface area contributed by atoms with Gasteiger partial charge in [-0.15, -0.1) is 0 Å². The number of aliphatic hydroxyl groups is 1. The Bertz CT molecular complexity index is 1040. The van der Waals surface area contributed by atoms with Gasteiger partial charge in [-0.25, -0.2) is 12.8 Å². The van der Waals surface area contributed by atoms with Gasteiger partial charge in [0.1, 0.15) is 16.1 Å². The van der Waals surface area contributed by atoms with Crippen LogP contribution in [0.5, 0.6) is 0 Å². The summed E-state index contributed by atoms with van der Waals surface area (Å²) >= 11 is 0. The molecule has 3 atom stereocenters. The predicted octanol–water partition coefficient (Wildman–Crippen LogP) is 3.69. The van der Waals surface area contributed by atoms with Gasteiger partial charge >= 0.3 is 0 Å². The van der Waals surface area contributed by atoms with Gasteiger partial charge in [-0.05, 0) is 38.8 Å². The molecule has 5 nitrogen and oxygen atoms in total. The van der Waals surface area contributed by atoms with Crippen LogP contribution >= 0.6 is 0 Å². The van der Waals surface area contributed by atoms with Crippen molar-refractivity contribution in [3.8, 4) is 0 Å². The van der Waals surface area contributed by atoms with E-state index in [-0.39, 0.29) is 30.9 Å². The highest BCUT2D eigenvalue weighted by Crippen LogP contribution is 2.45. The summed E-state index contributed by atoms with van der Waals surface area (Å²) < 4.78 is 47.2. The first kappa shape index (κ1) is 23.4. The smallest absolute Gasteiger partial charge is 0.166 e. The largest absolute Gasteiger partial charge is 0.393 e. The Morgan fingerprint density at radius 1 is 1.16 bits per heavy atom. The lowest BCUT2D eigenvalue weighted by molar-refractivity contribution is 0.0441. The number of benzene rings is 2. The first-order chi connectivity index (χ1) is 14.5. The molecular weight excluding hydrogens is 417 g/mol. The minimum absolute atomic E-state index is 0.0743. The van der Waals surface area contributed by atoms with Gasteiger partial charge in [0, 0.05) is 11.3 Å². The van der Waals surface area contributed by atoms with Gasteiger partial charge in [-0.1, -0.05) is 55.1 Å². The van der Waals surface area contributed by atoms with E-state index >= 15 is 4.39 Å². The van der Waals surface area contributed by atoms with E-state index in [0.717, 1.165) is 5.56 Å². The molecule has 0 aromatic heterocycles. The zero-order valence-corrected chi connectivity index (χ0v) is 19.0. The van der Waals surface area contributed by atoms with Crippen molar-refractivity contribution in [3.63, 3.8) is 0 Å². The molecule has 31 heavy (non-hydrogen) atoms. The highest BCUT2D eigenvalue weighted by Gasteiger charge is 2.59. The highest BCUT2D eigenvalue weighted by atomic mass is 32.2. The molecule has 0 spiro atoms. The average Bonchev–Trinajstić information content (AvgIpc) is 2.71. The van der Waals surface area contributed by atoms with Crippen molar-refractivity contribution < 1.29 is 22.7 Å². The lowest BCUT2D eigenvalue weighted by atomic mass is 9.82. The number of nitrogens with one attached hydrogen (secondary N) is 1. The molecule has 1 heterocycles. The van der Waals surface area contributed by atoms with Gasteiger partial charge in [0.05, 0.1) is 24.6 Å². The van der Waals surface area contributed by atoms with Gasteiger partial charge in [0.25, 0.3) is 0 Å². The fourth-order valence-electron chi connectivity index (χ4n) is 4.10. The third-order valence-corrected chi connectivity index (χ3v) is 9.10. The molecule has 2 aromatic carbocycles. The molecule has 1 saturated heterocycles. The van der Waals surface area contributed by atoms with Gasteiger partial charge < -0.3 is 15.2 Å². The summed E-state index contributed by atoms with van der Waals surface area (Å²) in [5, 5.41) is 12.3. The molecule has 0 amide bonds. The number of halogens is 1. The third kappa shape index (κ3) is 4.27. The summed E-state index contributed by atoms with van der Waals surface area (Å²) in [5.41, 5.74) is -0.0892. The molecule has 0 bridgehead atoms. The van der Waals surface area contributed by atoms with E-state index in [1.54, 1.807) is 32.0 Å². The molecular formula is C24H30FNO4S.